The lowest BCUT2D eigenvalue weighted by atomic mass is 10.1. The van der Waals surface area contributed by atoms with Crippen LogP contribution in [0, 0.1) is 17.0 Å². The van der Waals surface area contributed by atoms with Gasteiger partial charge in [-0.25, -0.2) is 8.42 Å². The maximum atomic E-state index is 12.7. The van der Waals surface area contributed by atoms with Crippen molar-refractivity contribution in [1.29, 1.82) is 0 Å². The van der Waals surface area contributed by atoms with Crippen molar-refractivity contribution < 1.29 is 27.6 Å². The van der Waals surface area contributed by atoms with Crippen molar-refractivity contribution >= 4 is 44.6 Å². The molecule has 0 aliphatic heterocycles. The lowest BCUT2D eigenvalue weighted by molar-refractivity contribution is -0.385. The zero-order chi connectivity index (χ0) is 25.6. The van der Waals surface area contributed by atoms with Gasteiger partial charge in [0.15, 0.2) is 6.61 Å². The van der Waals surface area contributed by atoms with Crippen molar-refractivity contribution in [1.82, 2.24) is 0 Å². The SMILES string of the molecule is CCOc1ccc(NS(=O)(=O)c2ccc(OCC(=O)Nc3cccc([N+](=O)[O-])c3C)c(Cl)c2)cc1. The molecule has 0 unspecified atom stereocenters. The molecule has 0 fully saturated rings. The van der Waals surface area contributed by atoms with Gasteiger partial charge in [0.1, 0.15) is 11.5 Å². The highest BCUT2D eigenvalue weighted by Crippen LogP contribution is 2.29. The van der Waals surface area contributed by atoms with Crippen LogP contribution in [0.3, 0.4) is 0 Å². The van der Waals surface area contributed by atoms with Gasteiger partial charge < -0.3 is 14.8 Å². The molecule has 0 spiro atoms. The van der Waals surface area contributed by atoms with E-state index in [0.717, 1.165) is 0 Å². The van der Waals surface area contributed by atoms with Crippen LogP contribution in [0.1, 0.15) is 12.5 Å². The predicted octanol–water partition coefficient (Wildman–Crippen LogP) is 4.77. The lowest BCUT2D eigenvalue weighted by Gasteiger charge is -2.12. The Labute approximate surface area is 207 Å². The fourth-order valence-corrected chi connectivity index (χ4v) is 4.44. The van der Waals surface area contributed by atoms with Crippen LogP contribution in [0.2, 0.25) is 5.02 Å². The molecule has 1 amide bonds. The van der Waals surface area contributed by atoms with Crippen LogP contribution >= 0.6 is 11.6 Å². The monoisotopic (exact) mass is 519 g/mol. The summed E-state index contributed by atoms with van der Waals surface area (Å²) >= 11 is 6.18. The first-order valence-corrected chi connectivity index (χ1v) is 12.2. The van der Waals surface area contributed by atoms with E-state index in [-0.39, 0.29) is 27.0 Å². The second kappa shape index (κ2) is 11.1. The number of sulfonamides is 1. The van der Waals surface area contributed by atoms with E-state index < -0.39 is 27.5 Å². The Bertz CT molecular complexity index is 1350. The number of ether oxygens (including phenoxy) is 2. The summed E-state index contributed by atoms with van der Waals surface area (Å²) in [6.07, 6.45) is 0. The van der Waals surface area contributed by atoms with Crippen LogP contribution in [0.4, 0.5) is 17.1 Å². The van der Waals surface area contributed by atoms with Gasteiger partial charge in [0.05, 0.1) is 32.7 Å². The van der Waals surface area contributed by atoms with Crippen LogP contribution in [0.15, 0.2) is 65.6 Å². The number of hydrogen-bond donors (Lipinski definition) is 2. The number of benzene rings is 3. The Morgan fingerprint density at radius 2 is 1.80 bits per heavy atom. The minimum atomic E-state index is -3.93. The minimum Gasteiger partial charge on any atom is -0.494 e. The summed E-state index contributed by atoms with van der Waals surface area (Å²) in [7, 11) is -3.93. The molecule has 0 aliphatic carbocycles. The lowest BCUT2D eigenvalue weighted by Crippen LogP contribution is -2.21. The molecule has 0 bridgehead atoms. The number of nitrogens with zero attached hydrogens (tertiary/aromatic N) is 1. The van der Waals surface area contributed by atoms with E-state index in [9.17, 15) is 23.3 Å². The van der Waals surface area contributed by atoms with Gasteiger partial charge in [0, 0.05) is 11.8 Å². The van der Waals surface area contributed by atoms with Gasteiger partial charge in [-0.3, -0.25) is 19.6 Å². The summed E-state index contributed by atoms with van der Waals surface area (Å²) in [5.74, 6) is 0.140. The van der Waals surface area contributed by atoms with E-state index in [1.165, 1.54) is 43.3 Å². The third-order valence-electron chi connectivity index (χ3n) is 4.77. The van der Waals surface area contributed by atoms with Gasteiger partial charge >= 0.3 is 0 Å². The first-order chi connectivity index (χ1) is 16.6. The van der Waals surface area contributed by atoms with Crippen molar-refractivity contribution in [2.75, 3.05) is 23.3 Å². The summed E-state index contributed by atoms with van der Waals surface area (Å²) in [6.45, 7) is 3.41. The highest BCUT2D eigenvalue weighted by atomic mass is 35.5. The van der Waals surface area contributed by atoms with E-state index >= 15 is 0 Å². The standard InChI is InChI=1S/C23H22ClN3O7S/c1-3-33-17-9-7-16(8-10-17)26-35(31,32)18-11-12-22(19(24)13-18)34-14-23(28)25-20-5-4-6-21(15(20)2)27(29)30/h4-13,26H,3,14H2,1-2H3,(H,25,28). The van der Waals surface area contributed by atoms with Gasteiger partial charge in [-0.05, 0) is 62.4 Å². The Kier molecular flexibility index (Phi) is 8.15. The number of hydrogen-bond acceptors (Lipinski definition) is 7. The van der Waals surface area contributed by atoms with E-state index in [2.05, 4.69) is 10.0 Å². The smallest absolute Gasteiger partial charge is 0.274 e. The quantitative estimate of drug-likeness (QED) is 0.290. The normalized spacial score (nSPS) is 10.9. The highest BCUT2D eigenvalue weighted by Gasteiger charge is 2.18. The number of halogens is 1. The second-order valence-electron chi connectivity index (χ2n) is 7.20. The molecule has 3 aromatic carbocycles. The van der Waals surface area contributed by atoms with Crippen LogP contribution in [0.25, 0.3) is 0 Å². The van der Waals surface area contributed by atoms with Crippen LogP contribution in [0.5, 0.6) is 11.5 Å². The average Bonchev–Trinajstić information content (AvgIpc) is 2.80. The van der Waals surface area contributed by atoms with Crippen molar-refractivity contribution in [3.05, 3.63) is 81.4 Å². The fourth-order valence-electron chi connectivity index (χ4n) is 3.05. The van der Waals surface area contributed by atoms with E-state index in [1.807, 2.05) is 6.92 Å². The summed E-state index contributed by atoms with van der Waals surface area (Å²) < 4.78 is 38.6. The molecule has 0 saturated carbocycles. The predicted molar refractivity (Wildman–Crippen MR) is 132 cm³/mol. The largest absolute Gasteiger partial charge is 0.494 e. The number of nitro benzene ring substituents is 1. The molecule has 0 aromatic heterocycles. The third kappa shape index (κ3) is 6.61. The molecule has 0 saturated heterocycles. The fraction of sp³-hybridized carbons (Fsp3) is 0.174. The maximum Gasteiger partial charge on any atom is 0.274 e. The molecule has 184 valence electrons. The summed E-state index contributed by atoms with van der Waals surface area (Å²) in [5, 5.41) is 13.6. The second-order valence-corrected chi connectivity index (χ2v) is 9.29. The Morgan fingerprint density at radius 1 is 1.09 bits per heavy atom. The number of rotatable bonds is 10. The van der Waals surface area contributed by atoms with E-state index in [4.69, 9.17) is 21.1 Å². The Hall–Kier alpha value is -3.83. The summed E-state index contributed by atoms with van der Waals surface area (Å²) in [5.41, 5.74) is 0.805. The third-order valence-corrected chi connectivity index (χ3v) is 6.44. The Balaban J connectivity index is 1.64. The van der Waals surface area contributed by atoms with Gasteiger partial charge in [-0.1, -0.05) is 17.7 Å². The van der Waals surface area contributed by atoms with Crippen molar-refractivity contribution in [3.63, 3.8) is 0 Å². The molecule has 2 N–H and O–H groups in total. The zero-order valence-corrected chi connectivity index (χ0v) is 20.4. The van der Waals surface area contributed by atoms with Crippen LogP contribution in [-0.2, 0) is 14.8 Å². The molecule has 0 atom stereocenters. The van der Waals surface area contributed by atoms with E-state index in [0.29, 0.717) is 23.6 Å². The Morgan fingerprint density at radius 3 is 2.43 bits per heavy atom. The van der Waals surface area contributed by atoms with Crippen LogP contribution in [-0.4, -0.2) is 32.5 Å². The summed E-state index contributed by atoms with van der Waals surface area (Å²) in [6, 6.07) is 14.6. The van der Waals surface area contributed by atoms with Crippen molar-refractivity contribution in [2.24, 2.45) is 0 Å². The molecule has 10 nitrogen and oxygen atoms in total. The number of amides is 1. The zero-order valence-electron chi connectivity index (χ0n) is 18.8. The topological polar surface area (TPSA) is 137 Å². The molecule has 3 aromatic rings. The molecule has 0 aliphatic rings. The average molecular weight is 520 g/mol. The van der Waals surface area contributed by atoms with Gasteiger partial charge in [0.25, 0.3) is 21.6 Å². The van der Waals surface area contributed by atoms with Crippen molar-refractivity contribution in [2.45, 2.75) is 18.7 Å². The van der Waals surface area contributed by atoms with Gasteiger partial charge in [-0.2, -0.15) is 0 Å². The molecule has 12 heteroatoms. The number of nitro groups is 1. The minimum absolute atomic E-state index is 0.0149. The number of carbonyl (C=O) groups is 1. The van der Waals surface area contributed by atoms with Crippen molar-refractivity contribution in [3.8, 4) is 11.5 Å². The van der Waals surface area contributed by atoms with Gasteiger partial charge in [0.2, 0.25) is 0 Å². The number of anilines is 2. The first-order valence-electron chi connectivity index (χ1n) is 10.3. The van der Waals surface area contributed by atoms with E-state index in [1.54, 1.807) is 24.3 Å². The molecule has 3 rings (SSSR count). The number of nitrogens with one attached hydrogen (secondary N) is 2. The highest BCUT2D eigenvalue weighted by molar-refractivity contribution is 7.92. The molecule has 0 radical (unpaired) electrons. The number of carbonyl (C=O) groups excluding carboxylic acids is 1. The molecule has 35 heavy (non-hydrogen) atoms. The maximum absolute atomic E-state index is 12.7. The summed E-state index contributed by atoms with van der Waals surface area (Å²) in [4.78, 5) is 22.7. The molecular weight excluding hydrogens is 498 g/mol. The van der Waals surface area contributed by atoms with Gasteiger partial charge in [-0.15, -0.1) is 0 Å². The van der Waals surface area contributed by atoms with Crippen LogP contribution < -0.4 is 19.5 Å². The molecular formula is C23H22ClN3O7S. The first kappa shape index (κ1) is 25.8. The molecule has 0 heterocycles.